The highest BCUT2D eigenvalue weighted by Gasteiger charge is 2.37. The number of hydrogen-bond donors (Lipinski definition) is 1. The second-order valence-electron chi connectivity index (χ2n) is 7.64. The number of unbranched alkanes of at least 4 members (excludes halogenated alkanes) is 3. The molecule has 0 amide bonds. The zero-order valence-electron chi connectivity index (χ0n) is 16.2. The molecule has 2 aliphatic carbocycles. The van der Waals surface area contributed by atoms with Crippen molar-refractivity contribution in [1.82, 2.24) is 0 Å². The van der Waals surface area contributed by atoms with Gasteiger partial charge in [-0.15, -0.1) is 12.6 Å². The molecule has 2 aliphatic rings. The van der Waals surface area contributed by atoms with Gasteiger partial charge in [0.05, 0.1) is 11.4 Å². The molecular formula is C23H33NS. The maximum Gasteiger partial charge on any atom is 0.0761 e. The molecule has 0 spiro atoms. The van der Waals surface area contributed by atoms with E-state index in [9.17, 15) is 0 Å². The molecular weight excluding hydrogens is 322 g/mol. The lowest BCUT2D eigenvalue weighted by Crippen LogP contribution is -2.15. The minimum absolute atomic E-state index is 0.113. The summed E-state index contributed by atoms with van der Waals surface area (Å²) in [4.78, 5) is 6.01. The highest BCUT2D eigenvalue weighted by molar-refractivity contribution is 7.84. The fraction of sp³-hybridized carbons (Fsp3) is 0.522. The van der Waals surface area contributed by atoms with E-state index in [4.69, 9.17) is 17.6 Å². The first-order valence-corrected chi connectivity index (χ1v) is 10.1. The van der Waals surface area contributed by atoms with Gasteiger partial charge in [-0.1, -0.05) is 65.7 Å². The molecule has 0 radical (unpaired) electrons. The topological polar surface area (TPSA) is 12.4 Å². The molecule has 0 heterocycles. The van der Waals surface area contributed by atoms with Gasteiger partial charge in [0.1, 0.15) is 0 Å². The van der Waals surface area contributed by atoms with Gasteiger partial charge in [-0.2, -0.15) is 0 Å². The first kappa shape index (κ1) is 20.0. The molecule has 2 heteroatoms. The zero-order chi connectivity index (χ0) is 18.4. The summed E-state index contributed by atoms with van der Waals surface area (Å²) in [5, 5.41) is 0. The Morgan fingerprint density at radius 1 is 1.12 bits per heavy atom. The SMILES string of the molecule is C=C1C=C/C(=N/C2=C(S)CC(C)(CCCCC)C2=C)C=C1CCCC. The number of allylic oxidation sites excluding steroid dienone is 7. The van der Waals surface area contributed by atoms with Crippen molar-refractivity contribution >= 4 is 18.3 Å². The van der Waals surface area contributed by atoms with E-state index in [1.807, 2.05) is 0 Å². The van der Waals surface area contributed by atoms with Crippen LogP contribution in [0.1, 0.15) is 72.1 Å². The van der Waals surface area contributed by atoms with Crippen molar-refractivity contribution in [3.05, 3.63) is 58.7 Å². The fourth-order valence-electron chi connectivity index (χ4n) is 3.57. The molecule has 0 aromatic carbocycles. The molecule has 1 atom stereocenters. The summed E-state index contributed by atoms with van der Waals surface area (Å²) < 4.78 is 0. The normalized spacial score (nSPS) is 25.3. The third-order valence-electron chi connectivity index (χ3n) is 5.41. The largest absolute Gasteiger partial charge is 0.248 e. The molecule has 25 heavy (non-hydrogen) atoms. The Bertz CT molecular complexity index is 660. The third-order valence-corrected chi connectivity index (χ3v) is 5.78. The third kappa shape index (κ3) is 4.88. The van der Waals surface area contributed by atoms with E-state index in [1.165, 1.54) is 44.1 Å². The highest BCUT2D eigenvalue weighted by atomic mass is 32.1. The molecule has 0 aliphatic heterocycles. The molecule has 0 N–H and O–H groups in total. The van der Waals surface area contributed by atoms with Crippen molar-refractivity contribution in [3.8, 4) is 0 Å². The van der Waals surface area contributed by atoms with Crippen LogP contribution in [0.4, 0.5) is 0 Å². The van der Waals surface area contributed by atoms with Gasteiger partial charge >= 0.3 is 0 Å². The van der Waals surface area contributed by atoms with Crippen LogP contribution in [-0.4, -0.2) is 5.71 Å². The van der Waals surface area contributed by atoms with Gasteiger partial charge < -0.3 is 0 Å². The minimum Gasteiger partial charge on any atom is -0.248 e. The van der Waals surface area contributed by atoms with Crippen molar-refractivity contribution in [2.24, 2.45) is 10.4 Å². The first-order chi connectivity index (χ1) is 11.9. The lowest BCUT2D eigenvalue weighted by Gasteiger charge is -2.26. The Morgan fingerprint density at radius 2 is 1.84 bits per heavy atom. The average Bonchev–Trinajstić information content (AvgIpc) is 2.79. The number of nitrogens with zero attached hydrogens (tertiary/aromatic N) is 1. The van der Waals surface area contributed by atoms with Crippen LogP contribution in [0.3, 0.4) is 0 Å². The summed E-state index contributed by atoms with van der Waals surface area (Å²) in [7, 11) is 0. The zero-order valence-corrected chi connectivity index (χ0v) is 17.1. The van der Waals surface area contributed by atoms with Crippen LogP contribution in [0.25, 0.3) is 0 Å². The van der Waals surface area contributed by atoms with Gasteiger partial charge in [0.2, 0.25) is 0 Å². The van der Waals surface area contributed by atoms with Crippen molar-refractivity contribution in [2.75, 3.05) is 0 Å². The fourth-order valence-corrected chi connectivity index (χ4v) is 4.10. The molecule has 0 bridgehead atoms. The van der Waals surface area contributed by atoms with E-state index in [1.54, 1.807) is 0 Å². The van der Waals surface area contributed by atoms with Crippen LogP contribution < -0.4 is 0 Å². The van der Waals surface area contributed by atoms with E-state index in [0.29, 0.717) is 0 Å². The maximum absolute atomic E-state index is 4.93. The van der Waals surface area contributed by atoms with Gasteiger partial charge in [-0.3, -0.25) is 0 Å². The van der Waals surface area contributed by atoms with Gasteiger partial charge in [0.15, 0.2) is 0 Å². The maximum atomic E-state index is 4.93. The van der Waals surface area contributed by atoms with Crippen LogP contribution in [0, 0.1) is 5.41 Å². The molecule has 1 unspecified atom stereocenters. The summed E-state index contributed by atoms with van der Waals surface area (Å²) in [5.41, 5.74) is 5.69. The van der Waals surface area contributed by atoms with E-state index in [2.05, 4.69) is 52.2 Å². The Labute approximate surface area is 159 Å². The Kier molecular flexibility index (Phi) is 7.13. The van der Waals surface area contributed by atoms with E-state index in [-0.39, 0.29) is 5.41 Å². The standard InChI is InChI=1S/C23H33NS/c1-6-8-10-14-23(5)16-21(25)22(18(23)4)24-20-13-12-17(3)19(15-20)11-9-7-2/h12-13,15,25H,3-4,6-11,14,16H2,1-2,5H3/b24-20-. The van der Waals surface area contributed by atoms with Crippen molar-refractivity contribution < 1.29 is 0 Å². The predicted octanol–water partition coefficient (Wildman–Crippen LogP) is 7.36. The van der Waals surface area contributed by atoms with Gasteiger partial charge in [-0.05, 0) is 60.0 Å². The molecule has 2 rings (SSSR count). The van der Waals surface area contributed by atoms with E-state index < -0.39 is 0 Å². The summed E-state index contributed by atoms with van der Waals surface area (Å²) in [6.07, 6.45) is 15.7. The molecule has 0 fully saturated rings. The number of thiol groups is 1. The predicted molar refractivity (Wildman–Crippen MR) is 115 cm³/mol. The number of aliphatic imine (C=N–C) groups is 1. The second-order valence-corrected chi connectivity index (χ2v) is 8.18. The highest BCUT2D eigenvalue weighted by Crippen LogP contribution is 2.50. The van der Waals surface area contributed by atoms with E-state index >= 15 is 0 Å². The average molecular weight is 356 g/mol. The molecule has 136 valence electrons. The van der Waals surface area contributed by atoms with Crippen LogP contribution in [0.2, 0.25) is 0 Å². The lowest BCUT2D eigenvalue weighted by atomic mass is 9.79. The molecule has 1 nitrogen and oxygen atoms in total. The summed E-state index contributed by atoms with van der Waals surface area (Å²) >= 11 is 4.75. The molecule has 0 aromatic heterocycles. The van der Waals surface area contributed by atoms with E-state index in [0.717, 1.165) is 40.3 Å². The summed E-state index contributed by atoms with van der Waals surface area (Å²) in [6, 6.07) is 0. The molecule has 0 saturated carbocycles. The first-order valence-electron chi connectivity index (χ1n) is 9.69. The van der Waals surface area contributed by atoms with Crippen LogP contribution >= 0.6 is 12.6 Å². The summed E-state index contributed by atoms with van der Waals surface area (Å²) in [5.74, 6) is 0. The van der Waals surface area contributed by atoms with Crippen molar-refractivity contribution in [1.29, 1.82) is 0 Å². The van der Waals surface area contributed by atoms with Crippen LogP contribution in [0.5, 0.6) is 0 Å². The Balaban J connectivity index is 2.18. The van der Waals surface area contributed by atoms with Crippen molar-refractivity contribution in [3.63, 3.8) is 0 Å². The lowest BCUT2D eigenvalue weighted by molar-refractivity contribution is 0.370. The van der Waals surface area contributed by atoms with Gasteiger partial charge in [-0.25, -0.2) is 4.99 Å². The van der Waals surface area contributed by atoms with Crippen LogP contribution in [-0.2, 0) is 0 Å². The quantitative estimate of drug-likeness (QED) is 0.345. The smallest absolute Gasteiger partial charge is 0.0761 e. The van der Waals surface area contributed by atoms with Crippen LogP contribution in [0.15, 0.2) is 63.7 Å². The van der Waals surface area contributed by atoms with Crippen molar-refractivity contribution in [2.45, 2.75) is 72.1 Å². The second kappa shape index (κ2) is 8.89. The Hall–Kier alpha value is -1.28. The number of hydrogen-bond acceptors (Lipinski definition) is 2. The van der Waals surface area contributed by atoms with Gasteiger partial charge in [0.25, 0.3) is 0 Å². The Morgan fingerprint density at radius 3 is 2.52 bits per heavy atom. The van der Waals surface area contributed by atoms with Gasteiger partial charge in [0, 0.05) is 4.91 Å². The molecule has 0 saturated heterocycles. The number of rotatable bonds is 8. The molecule has 0 aromatic rings. The summed E-state index contributed by atoms with van der Waals surface area (Å²) in [6.45, 7) is 15.3. The minimum atomic E-state index is 0.113. The monoisotopic (exact) mass is 355 g/mol.